The quantitative estimate of drug-likeness (QED) is 0.338. The predicted octanol–water partition coefficient (Wildman–Crippen LogP) is 6.81. The molecule has 0 saturated heterocycles. The number of rotatable bonds is 13. The molecule has 0 aliphatic rings. The Bertz CT molecular complexity index is 224. The van der Waals surface area contributed by atoms with Gasteiger partial charge in [-0.1, -0.05) is 65.7 Å². The molecule has 0 aliphatic carbocycles. The van der Waals surface area contributed by atoms with Crippen molar-refractivity contribution >= 4 is 0 Å². The molecule has 1 heteroatoms. The normalized spacial score (nSPS) is 13.1. The highest BCUT2D eigenvalue weighted by Crippen LogP contribution is 2.32. The molecule has 0 N–H and O–H groups in total. The second-order valence-electron chi connectivity index (χ2n) is 8.04. The Morgan fingerprint density at radius 2 is 1.00 bits per heavy atom. The molecule has 1 nitrogen and oxygen atoms in total. The fourth-order valence-electron chi connectivity index (χ4n) is 3.97. The highest BCUT2D eigenvalue weighted by atomic mass is 15.2. The van der Waals surface area contributed by atoms with E-state index < -0.39 is 0 Å². The molecule has 0 aliphatic heterocycles. The van der Waals surface area contributed by atoms with Crippen LogP contribution >= 0.6 is 0 Å². The molecular weight excluding hydrogens is 254 g/mol. The van der Waals surface area contributed by atoms with Gasteiger partial charge in [-0.25, -0.2) is 0 Å². The molecular formula is C20H43N. The van der Waals surface area contributed by atoms with Crippen LogP contribution < -0.4 is 0 Å². The van der Waals surface area contributed by atoms with Crippen LogP contribution in [0.1, 0.15) is 113 Å². The minimum atomic E-state index is 0.330. The van der Waals surface area contributed by atoms with E-state index in [1.807, 2.05) is 0 Å². The molecule has 128 valence electrons. The predicted molar refractivity (Wildman–Crippen MR) is 98.1 cm³/mol. The first-order valence-corrected chi connectivity index (χ1v) is 9.59. The first kappa shape index (κ1) is 21.0. The van der Waals surface area contributed by atoms with Crippen LogP contribution in [-0.2, 0) is 0 Å². The minimum absolute atomic E-state index is 0.330. The maximum Gasteiger partial charge on any atom is 0.0158 e. The second-order valence-corrected chi connectivity index (χ2v) is 8.04. The summed E-state index contributed by atoms with van der Waals surface area (Å²) in [4.78, 5) is 2.81. The van der Waals surface area contributed by atoms with Crippen molar-refractivity contribution in [1.29, 1.82) is 0 Å². The Morgan fingerprint density at radius 3 is 1.43 bits per heavy atom. The molecule has 0 aromatic heterocycles. The molecule has 0 atom stereocenters. The van der Waals surface area contributed by atoms with E-state index in [1.54, 1.807) is 0 Å². The van der Waals surface area contributed by atoms with Crippen LogP contribution in [0.3, 0.4) is 0 Å². The Morgan fingerprint density at radius 1 is 0.571 bits per heavy atom. The summed E-state index contributed by atoms with van der Waals surface area (Å²) < 4.78 is 0. The smallest absolute Gasteiger partial charge is 0.0158 e. The van der Waals surface area contributed by atoms with Crippen LogP contribution in [0, 0.1) is 0 Å². The van der Waals surface area contributed by atoms with E-state index in [0.717, 1.165) is 0 Å². The minimum Gasteiger partial charge on any atom is -0.293 e. The Labute approximate surface area is 135 Å². The molecule has 0 rings (SSSR count). The fourth-order valence-corrected chi connectivity index (χ4v) is 3.97. The van der Waals surface area contributed by atoms with Gasteiger partial charge in [0.1, 0.15) is 0 Å². The van der Waals surface area contributed by atoms with Gasteiger partial charge in [0.15, 0.2) is 0 Å². The number of nitrogens with zero attached hydrogens (tertiary/aromatic N) is 1. The van der Waals surface area contributed by atoms with Crippen molar-refractivity contribution in [3.05, 3.63) is 0 Å². The lowest BCUT2D eigenvalue weighted by Crippen LogP contribution is -2.55. The molecule has 0 aromatic carbocycles. The average molecular weight is 298 g/mol. The van der Waals surface area contributed by atoms with Crippen LogP contribution in [0.2, 0.25) is 0 Å². The van der Waals surface area contributed by atoms with E-state index in [4.69, 9.17) is 0 Å². The summed E-state index contributed by atoms with van der Waals surface area (Å²) in [6.07, 6.45) is 13.5. The summed E-state index contributed by atoms with van der Waals surface area (Å²) in [7, 11) is 0. The Kier molecular flexibility index (Phi) is 10.6. The number of unbranched alkanes of at least 4 members (excludes halogenated alkanes) is 5. The lowest BCUT2D eigenvalue weighted by Gasteiger charge is -2.49. The number of hydrogen-bond donors (Lipinski definition) is 0. The van der Waals surface area contributed by atoms with Gasteiger partial charge in [-0.05, 0) is 53.5 Å². The first-order chi connectivity index (χ1) is 9.81. The molecule has 0 amide bonds. The summed E-state index contributed by atoms with van der Waals surface area (Å²) in [5, 5.41) is 0. The van der Waals surface area contributed by atoms with Crippen LogP contribution in [-0.4, -0.2) is 22.5 Å². The Balaban J connectivity index is 4.53. The van der Waals surface area contributed by atoms with Gasteiger partial charge in [-0.2, -0.15) is 0 Å². The van der Waals surface area contributed by atoms with Gasteiger partial charge < -0.3 is 0 Å². The maximum absolute atomic E-state index is 2.81. The van der Waals surface area contributed by atoms with Gasteiger partial charge in [0.2, 0.25) is 0 Å². The van der Waals surface area contributed by atoms with Crippen LogP contribution in [0.4, 0.5) is 0 Å². The largest absolute Gasteiger partial charge is 0.293 e. The van der Waals surface area contributed by atoms with Gasteiger partial charge in [0.25, 0.3) is 0 Å². The summed E-state index contributed by atoms with van der Waals surface area (Å²) in [6.45, 7) is 18.0. The van der Waals surface area contributed by atoms with Crippen molar-refractivity contribution in [2.45, 2.75) is 124 Å². The van der Waals surface area contributed by atoms with E-state index in [9.17, 15) is 0 Å². The molecule has 0 bridgehead atoms. The van der Waals surface area contributed by atoms with Gasteiger partial charge in [-0.15, -0.1) is 0 Å². The van der Waals surface area contributed by atoms with Crippen LogP contribution in [0.5, 0.6) is 0 Å². The van der Waals surface area contributed by atoms with E-state index in [1.165, 1.54) is 70.8 Å². The van der Waals surface area contributed by atoms with Crippen molar-refractivity contribution in [3.8, 4) is 0 Å². The lowest BCUT2D eigenvalue weighted by atomic mass is 9.86. The van der Waals surface area contributed by atoms with Gasteiger partial charge in [0, 0.05) is 11.1 Å². The van der Waals surface area contributed by atoms with E-state index in [-0.39, 0.29) is 0 Å². The van der Waals surface area contributed by atoms with Crippen LogP contribution in [0.15, 0.2) is 0 Å². The highest BCUT2D eigenvalue weighted by molar-refractivity contribution is 4.92. The number of hydrogen-bond acceptors (Lipinski definition) is 1. The third-order valence-corrected chi connectivity index (χ3v) is 4.92. The third-order valence-electron chi connectivity index (χ3n) is 4.92. The molecule has 0 fully saturated rings. The third kappa shape index (κ3) is 8.24. The van der Waals surface area contributed by atoms with Crippen LogP contribution in [0.25, 0.3) is 0 Å². The van der Waals surface area contributed by atoms with Gasteiger partial charge in [-0.3, -0.25) is 4.90 Å². The summed E-state index contributed by atoms with van der Waals surface area (Å²) in [5.41, 5.74) is 0.660. The summed E-state index contributed by atoms with van der Waals surface area (Å²) in [5.74, 6) is 0. The topological polar surface area (TPSA) is 3.24 Å². The highest BCUT2D eigenvalue weighted by Gasteiger charge is 2.35. The zero-order chi connectivity index (χ0) is 16.4. The van der Waals surface area contributed by atoms with Crippen molar-refractivity contribution in [3.63, 3.8) is 0 Å². The van der Waals surface area contributed by atoms with E-state index in [2.05, 4.69) is 53.4 Å². The van der Waals surface area contributed by atoms with Crippen molar-refractivity contribution < 1.29 is 0 Å². The van der Waals surface area contributed by atoms with Crippen molar-refractivity contribution in [2.24, 2.45) is 0 Å². The second kappa shape index (κ2) is 10.6. The van der Waals surface area contributed by atoms with Gasteiger partial charge >= 0.3 is 0 Å². The van der Waals surface area contributed by atoms with E-state index >= 15 is 0 Å². The molecule has 0 saturated carbocycles. The lowest BCUT2D eigenvalue weighted by molar-refractivity contribution is 0.00351. The monoisotopic (exact) mass is 297 g/mol. The zero-order valence-corrected chi connectivity index (χ0v) is 16.2. The average Bonchev–Trinajstić information content (AvgIpc) is 2.36. The van der Waals surface area contributed by atoms with Crippen molar-refractivity contribution in [2.75, 3.05) is 6.54 Å². The standard InChI is InChI=1S/C20H43N/c1-8-11-12-13-14-15-18-21(19(4,5)16-9-2)20(6,7)17-10-3/h8-18H2,1-7H3. The van der Waals surface area contributed by atoms with Crippen molar-refractivity contribution in [1.82, 2.24) is 4.90 Å². The molecule has 0 spiro atoms. The Hall–Kier alpha value is -0.0400. The molecule has 0 heterocycles. The SMILES string of the molecule is CCCCCCCCN(C(C)(C)CCC)C(C)(C)CCC. The summed E-state index contributed by atoms with van der Waals surface area (Å²) in [6, 6.07) is 0. The van der Waals surface area contributed by atoms with Gasteiger partial charge in [0.05, 0.1) is 0 Å². The molecule has 0 unspecified atom stereocenters. The fraction of sp³-hybridized carbons (Fsp3) is 1.00. The maximum atomic E-state index is 2.81. The zero-order valence-electron chi connectivity index (χ0n) is 16.2. The van der Waals surface area contributed by atoms with E-state index in [0.29, 0.717) is 11.1 Å². The molecule has 0 radical (unpaired) electrons. The first-order valence-electron chi connectivity index (χ1n) is 9.59. The summed E-state index contributed by atoms with van der Waals surface area (Å²) >= 11 is 0. The molecule has 21 heavy (non-hydrogen) atoms. The molecule has 0 aromatic rings.